The fraction of sp³-hybridized carbons (Fsp3) is 0.364. The predicted molar refractivity (Wildman–Crippen MR) is 53.2 cm³/mol. The Morgan fingerprint density at radius 2 is 2.46 bits per heavy atom. The van der Waals surface area contributed by atoms with E-state index >= 15 is 0 Å². The van der Waals surface area contributed by atoms with Gasteiger partial charge in [0.05, 0.1) is 6.04 Å². The van der Waals surface area contributed by atoms with E-state index in [0.29, 0.717) is 6.04 Å². The van der Waals surface area contributed by atoms with E-state index in [1.165, 1.54) is 18.5 Å². The Bertz CT molecular complexity index is 336. The lowest BCUT2D eigenvalue weighted by Crippen LogP contribution is -2.25. The van der Waals surface area contributed by atoms with Gasteiger partial charge < -0.3 is 4.90 Å². The van der Waals surface area contributed by atoms with Gasteiger partial charge in [0.1, 0.15) is 0 Å². The molecule has 2 heteroatoms. The van der Waals surface area contributed by atoms with Crippen LogP contribution in [0.3, 0.4) is 0 Å². The zero-order chi connectivity index (χ0) is 8.67. The number of rotatable bonds is 0. The third kappa shape index (κ3) is 0.981. The van der Waals surface area contributed by atoms with Crippen molar-refractivity contribution in [2.45, 2.75) is 18.9 Å². The Morgan fingerprint density at radius 3 is 3.46 bits per heavy atom. The molecule has 2 unspecified atom stereocenters. The second-order valence-electron chi connectivity index (χ2n) is 3.76. The summed E-state index contributed by atoms with van der Waals surface area (Å²) < 4.78 is 0. The normalized spacial score (nSPS) is 34.5. The average Bonchev–Trinajstić information content (AvgIpc) is 2.56. The largest absolute Gasteiger partial charge is 0.341 e. The van der Waals surface area contributed by atoms with Crippen molar-refractivity contribution in [3.8, 4) is 0 Å². The monoisotopic (exact) mass is 172 g/mol. The van der Waals surface area contributed by atoms with Crippen LogP contribution >= 0.6 is 0 Å². The molecule has 2 nitrogen and oxygen atoms in total. The highest BCUT2D eigenvalue weighted by molar-refractivity contribution is 5.68. The smallest absolute Gasteiger partial charge is 0.0691 e. The summed E-state index contributed by atoms with van der Waals surface area (Å²) in [6, 6.07) is 0.515. The van der Waals surface area contributed by atoms with E-state index in [-0.39, 0.29) is 0 Å². The third-order valence-corrected chi connectivity index (χ3v) is 2.99. The van der Waals surface area contributed by atoms with Crippen LogP contribution in [0.15, 0.2) is 41.3 Å². The second kappa shape index (κ2) is 2.59. The number of hydrogen-bond acceptors (Lipinski definition) is 2. The van der Waals surface area contributed by atoms with Gasteiger partial charge in [-0.05, 0) is 18.9 Å². The molecule has 13 heavy (non-hydrogen) atoms. The average molecular weight is 172 g/mol. The van der Waals surface area contributed by atoms with Crippen molar-refractivity contribution in [1.29, 1.82) is 0 Å². The molecule has 1 aliphatic carbocycles. The Hall–Kier alpha value is -1.31. The molecule has 0 spiro atoms. The van der Waals surface area contributed by atoms with Crippen LogP contribution in [-0.2, 0) is 0 Å². The van der Waals surface area contributed by atoms with Gasteiger partial charge in [-0.1, -0.05) is 12.2 Å². The Labute approximate surface area is 78.0 Å². The van der Waals surface area contributed by atoms with Crippen LogP contribution in [0.2, 0.25) is 0 Å². The van der Waals surface area contributed by atoms with Crippen LogP contribution in [0.1, 0.15) is 12.8 Å². The van der Waals surface area contributed by atoms with Crippen molar-refractivity contribution < 1.29 is 0 Å². The SMILES string of the molecule is C1=CCC2CC3C=NC=CN3C2=C1. The van der Waals surface area contributed by atoms with E-state index in [0.717, 1.165) is 5.92 Å². The van der Waals surface area contributed by atoms with E-state index in [9.17, 15) is 0 Å². The molecule has 0 bridgehead atoms. The summed E-state index contributed by atoms with van der Waals surface area (Å²) in [5, 5.41) is 0. The molecular weight excluding hydrogens is 160 g/mol. The highest BCUT2D eigenvalue weighted by atomic mass is 15.2. The highest BCUT2D eigenvalue weighted by Crippen LogP contribution is 2.38. The van der Waals surface area contributed by atoms with Gasteiger partial charge in [-0.3, -0.25) is 4.99 Å². The molecule has 1 fully saturated rings. The number of hydrogen-bond donors (Lipinski definition) is 0. The number of aliphatic imine (C=N–C) groups is 1. The van der Waals surface area contributed by atoms with Gasteiger partial charge in [0.2, 0.25) is 0 Å². The summed E-state index contributed by atoms with van der Waals surface area (Å²) >= 11 is 0. The molecule has 0 aromatic heterocycles. The first-order valence-electron chi connectivity index (χ1n) is 4.80. The van der Waals surface area contributed by atoms with Crippen LogP contribution in [-0.4, -0.2) is 17.2 Å². The lowest BCUT2D eigenvalue weighted by molar-refractivity contribution is 0.472. The molecule has 1 saturated heterocycles. The molecule has 0 aromatic rings. The van der Waals surface area contributed by atoms with E-state index in [1.807, 2.05) is 6.20 Å². The van der Waals surface area contributed by atoms with Crippen LogP contribution in [0, 0.1) is 5.92 Å². The molecule has 66 valence electrons. The minimum absolute atomic E-state index is 0.515. The maximum Gasteiger partial charge on any atom is 0.0691 e. The number of allylic oxidation sites excluding steroid dienone is 4. The first-order chi connectivity index (χ1) is 6.45. The molecule has 0 aromatic carbocycles. The van der Waals surface area contributed by atoms with Crippen molar-refractivity contribution >= 4 is 6.21 Å². The molecule has 2 heterocycles. The fourth-order valence-corrected chi connectivity index (χ4v) is 2.37. The first-order valence-corrected chi connectivity index (χ1v) is 4.80. The van der Waals surface area contributed by atoms with E-state index < -0.39 is 0 Å². The van der Waals surface area contributed by atoms with Gasteiger partial charge in [0, 0.05) is 30.2 Å². The molecule has 0 N–H and O–H groups in total. The van der Waals surface area contributed by atoms with Crippen LogP contribution < -0.4 is 0 Å². The van der Waals surface area contributed by atoms with E-state index in [4.69, 9.17) is 0 Å². The lowest BCUT2D eigenvalue weighted by atomic mass is 9.96. The Kier molecular flexibility index (Phi) is 1.42. The Balaban J connectivity index is 1.99. The molecule has 0 saturated carbocycles. The lowest BCUT2D eigenvalue weighted by Gasteiger charge is -2.23. The summed E-state index contributed by atoms with van der Waals surface area (Å²) in [5.41, 5.74) is 1.47. The summed E-state index contributed by atoms with van der Waals surface area (Å²) in [4.78, 5) is 6.53. The van der Waals surface area contributed by atoms with Crippen molar-refractivity contribution in [1.82, 2.24) is 4.90 Å². The molecule has 0 amide bonds. The predicted octanol–water partition coefficient (Wildman–Crippen LogP) is 2.08. The number of fused-ring (bicyclic) bond motifs is 3. The molecular formula is C11H12N2. The second-order valence-corrected chi connectivity index (χ2v) is 3.76. The molecule has 0 radical (unpaired) electrons. The summed E-state index contributed by atoms with van der Waals surface area (Å²) in [6.07, 6.45) is 15.1. The summed E-state index contributed by atoms with van der Waals surface area (Å²) in [7, 11) is 0. The van der Waals surface area contributed by atoms with Crippen molar-refractivity contribution in [3.63, 3.8) is 0 Å². The van der Waals surface area contributed by atoms with Crippen molar-refractivity contribution in [2.75, 3.05) is 0 Å². The van der Waals surface area contributed by atoms with Gasteiger partial charge in [-0.25, -0.2) is 0 Å². The van der Waals surface area contributed by atoms with Crippen molar-refractivity contribution in [3.05, 3.63) is 36.3 Å². The zero-order valence-corrected chi connectivity index (χ0v) is 7.43. The van der Waals surface area contributed by atoms with E-state index in [2.05, 4.69) is 40.5 Å². The molecule has 2 atom stereocenters. The molecule has 3 rings (SSSR count). The fourth-order valence-electron chi connectivity index (χ4n) is 2.37. The summed E-state index contributed by atoms with van der Waals surface area (Å²) in [5.74, 6) is 0.726. The maximum atomic E-state index is 4.18. The quantitative estimate of drug-likeness (QED) is 0.546. The Morgan fingerprint density at radius 1 is 1.46 bits per heavy atom. The van der Waals surface area contributed by atoms with Crippen LogP contribution in [0.25, 0.3) is 0 Å². The summed E-state index contributed by atoms with van der Waals surface area (Å²) in [6.45, 7) is 0. The maximum absolute atomic E-state index is 4.18. The standard InChI is InChI=1S/C11H12N2/c1-2-4-11-9(3-1)7-10-8-12-5-6-13(10)11/h1-2,4-6,8-10H,3,7H2. The molecule has 2 aliphatic heterocycles. The molecule has 3 aliphatic rings. The van der Waals surface area contributed by atoms with E-state index in [1.54, 1.807) is 0 Å². The van der Waals surface area contributed by atoms with Gasteiger partial charge in [0.25, 0.3) is 0 Å². The third-order valence-electron chi connectivity index (χ3n) is 2.99. The van der Waals surface area contributed by atoms with Gasteiger partial charge in [-0.2, -0.15) is 0 Å². The highest BCUT2D eigenvalue weighted by Gasteiger charge is 2.34. The van der Waals surface area contributed by atoms with Crippen LogP contribution in [0.4, 0.5) is 0 Å². The van der Waals surface area contributed by atoms with Gasteiger partial charge >= 0.3 is 0 Å². The topological polar surface area (TPSA) is 15.6 Å². The van der Waals surface area contributed by atoms with Gasteiger partial charge in [-0.15, -0.1) is 0 Å². The minimum atomic E-state index is 0.515. The van der Waals surface area contributed by atoms with Crippen molar-refractivity contribution in [2.24, 2.45) is 10.9 Å². The van der Waals surface area contributed by atoms with Crippen LogP contribution in [0.5, 0.6) is 0 Å². The number of nitrogens with zero attached hydrogens (tertiary/aromatic N) is 2. The van der Waals surface area contributed by atoms with Gasteiger partial charge in [0.15, 0.2) is 0 Å². The minimum Gasteiger partial charge on any atom is -0.341 e. The zero-order valence-electron chi connectivity index (χ0n) is 7.43. The first kappa shape index (κ1) is 7.13.